The lowest BCUT2D eigenvalue weighted by Crippen LogP contribution is -2.55. The molecule has 40 heteroatoms. The number of guanidine groups is 14. The fourth-order valence-electron chi connectivity index (χ4n) is 11.9. The highest BCUT2D eigenvalue weighted by Crippen LogP contribution is 2.20. The topological polar surface area (TPSA) is 450 Å². The Labute approximate surface area is 782 Å². The summed E-state index contributed by atoms with van der Waals surface area (Å²) in [7, 11) is 7.78. The van der Waals surface area contributed by atoms with Crippen molar-refractivity contribution in [3.8, 4) is 0 Å². The average Bonchev–Trinajstić information content (AvgIpc) is 0.913. The summed E-state index contributed by atoms with van der Waals surface area (Å²) in [6.07, 6.45) is 1.37. The van der Waals surface area contributed by atoms with Crippen molar-refractivity contribution in [2.45, 2.75) is 178 Å². The van der Waals surface area contributed by atoms with Gasteiger partial charge in [0.2, 0.25) is 23.8 Å². The zero-order valence-corrected chi connectivity index (χ0v) is 79.9. The number of nitrogens with zero attached hydrogens (tertiary/aromatic N) is 16. The van der Waals surface area contributed by atoms with Gasteiger partial charge < -0.3 is 74.9 Å². The van der Waals surface area contributed by atoms with Crippen molar-refractivity contribution in [1.82, 2.24) is 84.2 Å². The second-order valence-corrected chi connectivity index (χ2v) is 33.1. The molecule has 7 aromatic rings. The van der Waals surface area contributed by atoms with Crippen LogP contribution in [0.25, 0.3) is 0 Å². The summed E-state index contributed by atoms with van der Waals surface area (Å²) in [6.45, 7) is 29.1. The van der Waals surface area contributed by atoms with Gasteiger partial charge in [-0.3, -0.25) is 47.2 Å². The molecule has 7 aliphatic heterocycles. The Hall–Kier alpha value is -12.8. The molecule has 0 spiro atoms. The average molecular weight is 1860 g/mol. The summed E-state index contributed by atoms with van der Waals surface area (Å²) in [5.41, 5.74) is 26.8. The Bertz CT molecular complexity index is 5210. The SMILES string of the molecule is CC(C)NC1=NC(C)NC(=NCc2ccc(Cl)cc2)N1.CC1N=C(N(C)C)NC(=NCCc2ccccc2Cl)N1.CC1N=C(N(C)C)NC(=NCc2ccccc2Cl)N1.CC1N=C(N)NC(=NCCc2ccc(Cl)cc2)N1.CC1N=C(N)NC(=NCc2ccc(Cl)cc2)N1.Cc1cccc(NC2=NC(C)N=C(N)N2)c1.Cc1cccc(NC2=NC(C)N=C(NC(C)C)N2)c1. The molecule has 7 unspecified atom stereocenters. The number of anilines is 2. The molecule has 0 saturated carbocycles. The third kappa shape index (κ3) is 39.1. The van der Waals surface area contributed by atoms with E-state index >= 15 is 0 Å². The quantitative estimate of drug-likeness (QED) is 0.0427. The van der Waals surface area contributed by atoms with E-state index < -0.39 is 0 Å². The van der Waals surface area contributed by atoms with Crippen molar-refractivity contribution in [1.29, 1.82) is 0 Å². The van der Waals surface area contributed by atoms with Crippen LogP contribution in [-0.4, -0.2) is 190 Å². The van der Waals surface area contributed by atoms with Gasteiger partial charge in [0, 0.05) is 89.9 Å². The molecular weight excluding hydrogens is 1740 g/mol. The predicted octanol–water partition coefficient (Wildman–Crippen LogP) is 10.7. The van der Waals surface area contributed by atoms with Gasteiger partial charge in [0.05, 0.1) is 19.6 Å². The number of benzene rings is 7. The van der Waals surface area contributed by atoms with E-state index in [0.29, 0.717) is 86.5 Å². The smallest absolute Gasteiger partial charge is 0.204 e. The van der Waals surface area contributed by atoms with Crippen molar-refractivity contribution in [2.75, 3.05) is 51.9 Å². The molecule has 129 heavy (non-hydrogen) atoms. The van der Waals surface area contributed by atoms with Crippen LogP contribution >= 0.6 is 58.0 Å². The molecule has 22 N–H and O–H groups in total. The molecule has 35 nitrogen and oxygen atoms in total. The maximum absolute atomic E-state index is 6.13. The van der Waals surface area contributed by atoms with Crippen molar-refractivity contribution < 1.29 is 0 Å². The van der Waals surface area contributed by atoms with Crippen molar-refractivity contribution >= 4 is 153 Å². The summed E-state index contributed by atoms with van der Waals surface area (Å²) in [6, 6.07) is 55.5. The monoisotopic (exact) mass is 1860 g/mol. The van der Waals surface area contributed by atoms with Crippen LogP contribution in [0, 0.1) is 13.8 Å². The van der Waals surface area contributed by atoms with Gasteiger partial charge in [0.1, 0.15) is 43.2 Å². The van der Waals surface area contributed by atoms with E-state index in [0.717, 1.165) is 113 Å². The van der Waals surface area contributed by atoms with Gasteiger partial charge in [-0.15, -0.1) is 0 Å². The molecule has 7 aliphatic rings. The van der Waals surface area contributed by atoms with Crippen LogP contribution in [0.1, 0.15) is 115 Å². The molecule has 14 rings (SSSR count). The highest BCUT2D eigenvalue weighted by molar-refractivity contribution is 6.32. The Balaban J connectivity index is 0.000000186. The summed E-state index contributed by atoms with van der Waals surface area (Å²) in [4.78, 5) is 64.8. The fourth-order valence-corrected chi connectivity index (χ4v) is 12.7. The number of rotatable bonds is 16. The van der Waals surface area contributed by atoms with Gasteiger partial charge in [0.25, 0.3) is 0 Å². The highest BCUT2D eigenvalue weighted by atomic mass is 35.5. The van der Waals surface area contributed by atoms with Crippen molar-refractivity contribution in [3.63, 3.8) is 0 Å². The summed E-state index contributed by atoms with van der Waals surface area (Å²) in [5.74, 6) is 9.13. The molecule has 0 saturated heterocycles. The minimum Gasteiger partial charge on any atom is -0.370 e. The molecule has 0 amide bonds. The van der Waals surface area contributed by atoms with Crippen LogP contribution in [0.4, 0.5) is 11.4 Å². The first-order valence-electron chi connectivity index (χ1n) is 42.2. The summed E-state index contributed by atoms with van der Waals surface area (Å²) in [5, 5.41) is 53.6. The number of hydrogen-bond donors (Lipinski definition) is 19. The maximum atomic E-state index is 6.13. The number of nitrogens with two attached hydrogens (primary N) is 3. The minimum absolute atomic E-state index is 0.00136. The number of aliphatic imine (C=N–C) groups is 14. The Kier molecular flexibility index (Phi) is 41.3. The van der Waals surface area contributed by atoms with Crippen LogP contribution in [0.2, 0.25) is 25.1 Å². The van der Waals surface area contributed by atoms with Crippen LogP contribution in [0.5, 0.6) is 0 Å². The number of hydrogen-bond acceptors (Lipinski definition) is 25. The normalized spacial score (nSPS) is 20.2. The molecule has 690 valence electrons. The first kappa shape index (κ1) is 102. The zero-order valence-electron chi connectivity index (χ0n) is 76.1. The molecule has 7 heterocycles. The van der Waals surface area contributed by atoms with E-state index in [1.165, 1.54) is 16.7 Å². The lowest BCUT2D eigenvalue weighted by atomic mass is 10.1. The predicted molar refractivity (Wildman–Crippen MR) is 540 cm³/mol. The van der Waals surface area contributed by atoms with Crippen LogP contribution in [-0.2, 0) is 32.5 Å². The molecule has 0 fully saturated rings. The maximum Gasteiger partial charge on any atom is 0.204 e. The van der Waals surface area contributed by atoms with E-state index in [9.17, 15) is 0 Å². The van der Waals surface area contributed by atoms with Gasteiger partial charge in [0.15, 0.2) is 59.6 Å². The Morgan fingerprint density at radius 1 is 0.349 bits per heavy atom. The van der Waals surface area contributed by atoms with Gasteiger partial charge >= 0.3 is 0 Å². The lowest BCUT2D eigenvalue weighted by molar-refractivity contribution is 0.559. The van der Waals surface area contributed by atoms with Gasteiger partial charge in [-0.05, 0) is 215 Å². The molecule has 7 aromatic carbocycles. The van der Waals surface area contributed by atoms with E-state index in [1.807, 2.05) is 251 Å². The lowest BCUT2D eigenvalue weighted by Gasteiger charge is -2.26. The van der Waals surface area contributed by atoms with Crippen LogP contribution in [0.15, 0.2) is 240 Å². The zero-order chi connectivity index (χ0) is 93.5. The van der Waals surface area contributed by atoms with Crippen LogP contribution in [0.3, 0.4) is 0 Å². The summed E-state index contributed by atoms with van der Waals surface area (Å²) >= 11 is 29.7. The first-order chi connectivity index (χ1) is 61.6. The molecule has 0 bridgehead atoms. The van der Waals surface area contributed by atoms with Crippen molar-refractivity contribution in [3.05, 3.63) is 234 Å². The number of nitrogens with one attached hydrogen (secondary N) is 16. The van der Waals surface area contributed by atoms with Crippen LogP contribution < -0.4 is 102 Å². The second kappa shape index (κ2) is 52.5. The molecule has 7 atom stereocenters. The van der Waals surface area contributed by atoms with E-state index in [-0.39, 0.29) is 43.2 Å². The molecule has 0 aromatic heterocycles. The van der Waals surface area contributed by atoms with Gasteiger partial charge in [-0.1, -0.05) is 155 Å². The Morgan fingerprint density at radius 2 is 0.705 bits per heavy atom. The van der Waals surface area contributed by atoms with Gasteiger partial charge in [-0.25, -0.2) is 59.9 Å². The van der Waals surface area contributed by atoms with E-state index in [4.69, 9.17) is 75.2 Å². The third-order valence-corrected chi connectivity index (χ3v) is 19.3. The van der Waals surface area contributed by atoms with Crippen molar-refractivity contribution in [2.24, 2.45) is 87.1 Å². The van der Waals surface area contributed by atoms with Gasteiger partial charge in [-0.2, -0.15) is 0 Å². The standard InChI is InChI=1S/2C14H20ClN5.C14H21N5.C13H18ClN5.C12H16ClN5.C11H14ClN5.C11H15N5/c1-9(2)17-14-19-10(3)18-13(20-14)16-8-11-4-6-12(15)7-5-11;1-10-17-13(19-14(18-10)20(2)3)16-9-8-11-6-4-5-7-12(11)15;1-9(2)15-13-16-11(4)17-14(19-13)18-12-7-5-6-10(3)8-12;1-9-16-12(18-13(17-9)19(2)3)15-8-10-6-4-5-7-11(10)14;1-8-16-11(14)18-12(17-8)15-7-6-9-2-4-10(13)5-3-9;1-7-15-10(13)17-11(16-7)14-6-8-2-4-9(12)5-3-8;1-7-4-3-5-9(6-7)15-11-14-8(2)13-10(12)16-11/h4-7,9-10H,8H2,1-3H3,(H3,16,17,18,19,20);4-7,10H,8-9H2,1-3H3,(H2,16,17,18,19);5-9,11H,1-4H3,(H3,15,16,17,18,19);4-7,9H,8H2,1-3H3,(H2,15,16,17,18);2-5,8H,6-7H2,1H3,(H4,14,15,16,17,18);2-5,7H,6H2,1H3,(H4,13,14,15,16,17);3-6,8H,1-2H3,(H4,12,13,14,15,16). The fraction of sp³-hybridized carbons (Fsp3) is 0.371. The van der Waals surface area contributed by atoms with E-state index in [1.54, 1.807) is 0 Å². The molecule has 0 radical (unpaired) electrons. The summed E-state index contributed by atoms with van der Waals surface area (Å²) < 4.78 is 0. The van der Waals surface area contributed by atoms with E-state index in [2.05, 4.69) is 202 Å². The minimum atomic E-state index is -0.145. The molecule has 0 aliphatic carbocycles. The number of halogens is 5. The largest absolute Gasteiger partial charge is 0.370 e. The Morgan fingerprint density at radius 3 is 1.14 bits per heavy atom. The second-order valence-electron chi connectivity index (χ2n) is 31.0. The molecular formula is C89H124Cl5N35. The number of aryl methyl sites for hydroxylation is 2. The third-order valence-electron chi connectivity index (χ3n) is 17.8. The first-order valence-corrected chi connectivity index (χ1v) is 44.1. The highest BCUT2D eigenvalue weighted by Gasteiger charge is 2.21.